The van der Waals surface area contributed by atoms with Crippen LogP contribution in [0.15, 0.2) is 78.9 Å². The summed E-state index contributed by atoms with van der Waals surface area (Å²) in [5, 5.41) is 3.87. The molecule has 1 aliphatic carbocycles. The van der Waals surface area contributed by atoms with Gasteiger partial charge in [-0.25, -0.2) is 8.78 Å². The van der Waals surface area contributed by atoms with Crippen LogP contribution in [0, 0.1) is 12.7 Å². The van der Waals surface area contributed by atoms with E-state index in [1.807, 2.05) is 73.7 Å². The summed E-state index contributed by atoms with van der Waals surface area (Å²) in [6.07, 6.45) is 0.626. The fourth-order valence-corrected chi connectivity index (χ4v) is 5.74. The molecule has 3 aromatic carbocycles. The summed E-state index contributed by atoms with van der Waals surface area (Å²) in [4.78, 5) is 33.0. The summed E-state index contributed by atoms with van der Waals surface area (Å²) in [7, 11) is 0. The molecule has 1 N–H and O–H groups in total. The minimum atomic E-state index is -1.30. The lowest BCUT2D eigenvalue weighted by Crippen LogP contribution is -2.47. The van der Waals surface area contributed by atoms with Crippen molar-refractivity contribution in [3.63, 3.8) is 0 Å². The van der Waals surface area contributed by atoms with E-state index in [4.69, 9.17) is 0 Å². The van der Waals surface area contributed by atoms with E-state index in [-0.39, 0.29) is 37.0 Å². The highest BCUT2D eigenvalue weighted by atomic mass is 19.1. The smallest absolute Gasteiger partial charge is 0.243 e. The van der Waals surface area contributed by atoms with Gasteiger partial charge in [0, 0.05) is 17.5 Å². The second-order valence-corrected chi connectivity index (χ2v) is 10.9. The SMILES string of the molecule is Cc1ccc2c(CC(=O)N3CC(F)CC3C(=O)NC(c3ccccc3)c3ccc(C4CC4)c(F)c3)cccc2n1. The quantitative estimate of drug-likeness (QED) is 0.316. The normalized spacial score (nSPS) is 19.5. The van der Waals surface area contributed by atoms with Gasteiger partial charge in [0.1, 0.15) is 18.0 Å². The van der Waals surface area contributed by atoms with Gasteiger partial charge in [-0.1, -0.05) is 60.7 Å². The molecule has 0 spiro atoms. The third-order valence-corrected chi connectivity index (χ3v) is 7.97. The number of hydrogen-bond donors (Lipinski definition) is 1. The minimum Gasteiger partial charge on any atom is -0.343 e. The van der Waals surface area contributed by atoms with Crippen LogP contribution in [0.2, 0.25) is 0 Å². The van der Waals surface area contributed by atoms with Gasteiger partial charge in [0.15, 0.2) is 0 Å². The zero-order chi connectivity index (χ0) is 27.8. The summed E-state index contributed by atoms with van der Waals surface area (Å²) >= 11 is 0. The third-order valence-electron chi connectivity index (χ3n) is 7.97. The van der Waals surface area contributed by atoms with Gasteiger partial charge in [0.25, 0.3) is 0 Å². The van der Waals surface area contributed by atoms with Gasteiger partial charge >= 0.3 is 0 Å². The number of fused-ring (bicyclic) bond motifs is 1. The zero-order valence-corrected chi connectivity index (χ0v) is 22.3. The largest absolute Gasteiger partial charge is 0.343 e. The molecule has 204 valence electrons. The van der Waals surface area contributed by atoms with Crippen LogP contribution < -0.4 is 5.32 Å². The fraction of sp³-hybridized carbons (Fsp3) is 0.303. The van der Waals surface area contributed by atoms with Crippen molar-refractivity contribution in [2.45, 2.75) is 56.8 Å². The van der Waals surface area contributed by atoms with E-state index in [1.54, 1.807) is 6.07 Å². The van der Waals surface area contributed by atoms with E-state index in [2.05, 4.69) is 10.3 Å². The number of carbonyl (C=O) groups is 2. The molecular formula is C33H31F2N3O2. The van der Waals surface area contributed by atoms with Crippen LogP contribution in [0.25, 0.3) is 10.9 Å². The van der Waals surface area contributed by atoms with Crippen molar-refractivity contribution < 1.29 is 18.4 Å². The Morgan fingerprint density at radius 3 is 2.55 bits per heavy atom. The van der Waals surface area contributed by atoms with Gasteiger partial charge in [-0.05, 0) is 66.1 Å². The lowest BCUT2D eigenvalue weighted by Gasteiger charge is -2.27. The van der Waals surface area contributed by atoms with Crippen LogP contribution in [-0.2, 0) is 16.0 Å². The van der Waals surface area contributed by atoms with Crippen LogP contribution in [0.5, 0.6) is 0 Å². The first-order valence-electron chi connectivity index (χ1n) is 13.8. The molecule has 5 nitrogen and oxygen atoms in total. The summed E-state index contributed by atoms with van der Waals surface area (Å²) < 4.78 is 29.7. The average Bonchev–Trinajstić information content (AvgIpc) is 3.71. The Kier molecular flexibility index (Phi) is 7.05. The number of alkyl halides is 1. The molecule has 2 heterocycles. The number of nitrogens with zero attached hydrogens (tertiary/aromatic N) is 2. The molecule has 2 amide bonds. The predicted octanol–water partition coefficient (Wildman–Crippen LogP) is 5.95. The second kappa shape index (κ2) is 10.8. The molecule has 0 bridgehead atoms. The van der Waals surface area contributed by atoms with Gasteiger partial charge < -0.3 is 10.2 Å². The first-order valence-corrected chi connectivity index (χ1v) is 13.8. The lowest BCUT2D eigenvalue weighted by molar-refractivity contribution is -0.138. The van der Waals surface area contributed by atoms with Crippen LogP contribution in [-0.4, -0.2) is 40.5 Å². The van der Waals surface area contributed by atoms with Gasteiger partial charge in [0.05, 0.1) is 24.5 Å². The molecule has 4 aromatic rings. The predicted molar refractivity (Wildman–Crippen MR) is 150 cm³/mol. The molecule has 2 fully saturated rings. The molecular weight excluding hydrogens is 508 g/mol. The van der Waals surface area contributed by atoms with Crippen LogP contribution in [0.3, 0.4) is 0 Å². The van der Waals surface area contributed by atoms with Crippen LogP contribution in [0.4, 0.5) is 8.78 Å². The number of likely N-dealkylation sites (tertiary alicyclic amines) is 1. The number of benzene rings is 3. The van der Waals surface area contributed by atoms with Crippen molar-refractivity contribution in [3.05, 3.63) is 113 Å². The number of rotatable bonds is 7. The van der Waals surface area contributed by atoms with Crippen molar-refractivity contribution in [2.24, 2.45) is 0 Å². The first-order chi connectivity index (χ1) is 19.4. The number of carbonyl (C=O) groups excluding carboxylic acids is 2. The highest BCUT2D eigenvalue weighted by molar-refractivity contribution is 5.92. The topological polar surface area (TPSA) is 62.3 Å². The number of aryl methyl sites for hydroxylation is 1. The molecule has 3 atom stereocenters. The van der Waals surface area contributed by atoms with Crippen molar-refractivity contribution in [1.82, 2.24) is 15.2 Å². The number of aromatic nitrogens is 1. The zero-order valence-electron chi connectivity index (χ0n) is 22.3. The second-order valence-electron chi connectivity index (χ2n) is 10.9. The van der Waals surface area contributed by atoms with Crippen molar-refractivity contribution in [1.29, 1.82) is 0 Å². The number of pyridine rings is 1. The van der Waals surface area contributed by atoms with E-state index < -0.39 is 24.2 Å². The maximum atomic E-state index is 15.0. The molecule has 0 radical (unpaired) electrons. The highest BCUT2D eigenvalue weighted by Gasteiger charge is 2.40. The molecule has 1 saturated carbocycles. The maximum absolute atomic E-state index is 15.0. The van der Waals surface area contributed by atoms with Crippen molar-refractivity contribution in [3.8, 4) is 0 Å². The van der Waals surface area contributed by atoms with Gasteiger partial charge in [-0.15, -0.1) is 0 Å². The lowest BCUT2D eigenvalue weighted by atomic mass is 9.96. The summed E-state index contributed by atoms with van der Waals surface area (Å²) in [6.45, 7) is 1.77. The Morgan fingerprint density at radius 1 is 1.00 bits per heavy atom. The summed E-state index contributed by atoms with van der Waals surface area (Å²) in [5.41, 5.74) is 4.53. The number of halogens is 2. The van der Waals surface area contributed by atoms with E-state index >= 15 is 0 Å². The van der Waals surface area contributed by atoms with Crippen LogP contribution >= 0.6 is 0 Å². The monoisotopic (exact) mass is 539 g/mol. The van der Waals surface area contributed by atoms with Crippen molar-refractivity contribution in [2.75, 3.05) is 6.54 Å². The van der Waals surface area contributed by atoms with Gasteiger partial charge in [0.2, 0.25) is 11.8 Å². The number of nitrogens with one attached hydrogen (secondary N) is 1. The standard InChI is InChI=1S/C33H31F2N3O2/c1-20-10-14-27-23(8-5-9-29(27)36-20)17-31(39)38-19-25(34)18-30(38)33(40)37-32(22-6-3-2-4-7-22)24-13-15-26(21-11-12-21)28(35)16-24/h2-10,13-16,21,25,30,32H,11-12,17-19H2,1H3,(H,37,40). The molecule has 7 heteroatoms. The van der Waals surface area contributed by atoms with E-state index in [0.717, 1.165) is 40.6 Å². The Bertz CT molecular complexity index is 1570. The molecule has 6 rings (SSSR count). The number of hydrogen-bond acceptors (Lipinski definition) is 3. The molecule has 1 aliphatic heterocycles. The molecule has 3 unspecified atom stereocenters. The Labute approximate surface area is 232 Å². The summed E-state index contributed by atoms with van der Waals surface area (Å²) in [5.74, 6) is -0.787. The Balaban J connectivity index is 1.25. The van der Waals surface area contributed by atoms with E-state index in [1.165, 1.54) is 11.0 Å². The molecule has 1 aromatic heterocycles. The molecule has 40 heavy (non-hydrogen) atoms. The van der Waals surface area contributed by atoms with E-state index in [9.17, 15) is 18.4 Å². The molecule has 2 aliphatic rings. The first kappa shape index (κ1) is 26.1. The maximum Gasteiger partial charge on any atom is 0.243 e. The highest BCUT2D eigenvalue weighted by Crippen LogP contribution is 2.42. The fourth-order valence-electron chi connectivity index (χ4n) is 5.74. The van der Waals surface area contributed by atoms with E-state index in [0.29, 0.717) is 11.1 Å². The average molecular weight is 540 g/mol. The summed E-state index contributed by atoms with van der Waals surface area (Å²) in [6, 6.07) is 22.3. The Hall–Kier alpha value is -4.13. The van der Waals surface area contributed by atoms with Gasteiger partial charge in [-0.2, -0.15) is 0 Å². The third kappa shape index (κ3) is 5.33. The van der Waals surface area contributed by atoms with Gasteiger partial charge in [-0.3, -0.25) is 14.6 Å². The molecule has 1 saturated heterocycles. The number of amides is 2. The van der Waals surface area contributed by atoms with Crippen LogP contribution in [0.1, 0.15) is 59.2 Å². The minimum absolute atomic E-state index is 0.0362. The Morgan fingerprint density at radius 2 is 1.80 bits per heavy atom. The van der Waals surface area contributed by atoms with Crippen molar-refractivity contribution >= 4 is 22.7 Å².